The Kier molecular flexibility index (Phi) is 2.48. The van der Waals surface area contributed by atoms with Crippen molar-refractivity contribution < 1.29 is 0 Å². The second kappa shape index (κ2) is 4.20. The van der Waals surface area contributed by atoms with Crippen molar-refractivity contribution in [3.63, 3.8) is 0 Å². The van der Waals surface area contributed by atoms with Crippen molar-refractivity contribution in [3.05, 3.63) is 33.9 Å². The Hall–Kier alpha value is -1.62. The third-order valence-corrected chi connectivity index (χ3v) is 4.26. The Morgan fingerprint density at radius 1 is 1.11 bits per heavy atom. The van der Waals surface area contributed by atoms with Gasteiger partial charge in [-0.2, -0.15) is 5.10 Å². The zero-order valence-electron chi connectivity index (χ0n) is 10.9. The highest BCUT2D eigenvalue weighted by atomic mass is 16.1. The van der Waals surface area contributed by atoms with E-state index in [9.17, 15) is 4.79 Å². The molecule has 2 aliphatic rings. The van der Waals surface area contributed by atoms with Gasteiger partial charge in [0.25, 0.3) is 5.56 Å². The van der Waals surface area contributed by atoms with Crippen molar-refractivity contribution in [3.8, 4) is 0 Å². The summed E-state index contributed by atoms with van der Waals surface area (Å²) in [6, 6.07) is 3.77. The van der Waals surface area contributed by atoms with Gasteiger partial charge in [-0.25, -0.2) is 4.52 Å². The van der Waals surface area contributed by atoms with Crippen molar-refractivity contribution in [1.82, 2.24) is 19.9 Å². The summed E-state index contributed by atoms with van der Waals surface area (Å²) < 4.78 is 1.96. The largest absolute Gasteiger partial charge is 0.317 e. The molecule has 0 unspecified atom stereocenters. The van der Waals surface area contributed by atoms with Crippen molar-refractivity contribution in [2.24, 2.45) is 0 Å². The van der Waals surface area contributed by atoms with Gasteiger partial charge in [0.05, 0.1) is 11.4 Å². The molecule has 2 N–H and O–H groups in total. The van der Waals surface area contributed by atoms with E-state index >= 15 is 0 Å². The molecule has 100 valence electrons. The molecule has 0 bridgehead atoms. The third kappa shape index (κ3) is 1.98. The van der Waals surface area contributed by atoms with E-state index in [0.717, 1.165) is 43.0 Å². The second-order valence-electron chi connectivity index (χ2n) is 5.72. The minimum Gasteiger partial charge on any atom is -0.317 e. The number of rotatable bonds is 2. The number of hydrogen-bond donors (Lipinski definition) is 2. The molecule has 1 aliphatic heterocycles. The molecule has 2 aromatic heterocycles. The van der Waals surface area contributed by atoms with Crippen LogP contribution in [0.4, 0.5) is 0 Å². The summed E-state index contributed by atoms with van der Waals surface area (Å²) in [4.78, 5) is 14.7. The van der Waals surface area contributed by atoms with Gasteiger partial charge in [-0.3, -0.25) is 4.79 Å². The molecule has 5 heteroatoms. The number of H-pyrrole nitrogens is 1. The highest BCUT2D eigenvalue weighted by Crippen LogP contribution is 2.39. The number of nitrogens with one attached hydrogen (secondary N) is 2. The van der Waals surface area contributed by atoms with Gasteiger partial charge in [-0.1, -0.05) is 0 Å². The average molecular weight is 258 g/mol. The zero-order valence-corrected chi connectivity index (χ0v) is 10.9. The van der Waals surface area contributed by atoms with Gasteiger partial charge in [0.1, 0.15) is 5.65 Å². The number of hydrogen-bond acceptors (Lipinski definition) is 3. The maximum Gasteiger partial charge on any atom is 0.251 e. The first-order chi connectivity index (χ1) is 9.31. The van der Waals surface area contributed by atoms with Gasteiger partial charge in [0.15, 0.2) is 0 Å². The van der Waals surface area contributed by atoms with Crippen LogP contribution in [0.15, 0.2) is 16.9 Å². The van der Waals surface area contributed by atoms with Gasteiger partial charge < -0.3 is 10.3 Å². The summed E-state index contributed by atoms with van der Waals surface area (Å²) in [6.45, 7) is 2.05. The molecule has 0 amide bonds. The second-order valence-corrected chi connectivity index (χ2v) is 5.72. The van der Waals surface area contributed by atoms with Crippen LogP contribution < -0.4 is 10.9 Å². The fraction of sp³-hybridized carbons (Fsp3) is 0.571. The fourth-order valence-electron chi connectivity index (χ4n) is 3.03. The molecule has 0 spiro atoms. The summed E-state index contributed by atoms with van der Waals surface area (Å²) in [5, 5.41) is 8.08. The van der Waals surface area contributed by atoms with Crippen LogP contribution in [0, 0.1) is 0 Å². The lowest BCUT2D eigenvalue weighted by molar-refractivity contribution is 0.446. The van der Waals surface area contributed by atoms with E-state index in [-0.39, 0.29) is 5.56 Å². The van der Waals surface area contributed by atoms with Crippen LogP contribution in [0.3, 0.4) is 0 Å². The number of aromatic nitrogens is 3. The molecule has 2 fully saturated rings. The highest BCUT2D eigenvalue weighted by molar-refractivity contribution is 5.42. The quantitative estimate of drug-likeness (QED) is 0.855. The number of nitrogens with zero attached hydrogens (tertiary/aromatic N) is 2. The monoisotopic (exact) mass is 258 g/mol. The van der Waals surface area contributed by atoms with E-state index in [1.807, 2.05) is 10.6 Å². The van der Waals surface area contributed by atoms with Gasteiger partial charge in [-0.05, 0) is 38.8 Å². The zero-order chi connectivity index (χ0) is 12.8. The highest BCUT2D eigenvalue weighted by Gasteiger charge is 2.27. The van der Waals surface area contributed by atoms with Crippen LogP contribution >= 0.6 is 0 Å². The summed E-state index contributed by atoms with van der Waals surface area (Å²) in [6.07, 6.45) is 4.63. The molecular weight excluding hydrogens is 240 g/mol. The van der Waals surface area contributed by atoms with E-state index in [0.29, 0.717) is 11.8 Å². The number of piperidine rings is 1. The maximum atomic E-state index is 11.8. The fourth-order valence-corrected chi connectivity index (χ4v) is 3.03. The molecule has 0 atom stereocenters. The Bertz CT molecular complexity index is 662. The molecule has 3 heterocycles. The normalized spacial score (nSPS) is 21.1. The molecule has 5 nitrogen and oxygen atoms in total. The van der Waals surface area contributed by atoms with Crippen molar-refractivity contribution >= 4 is 5.65 Å². The van der Waals surface area contributed by atoms with Gasteiger partial charge in [0, 0.05) is 24.0 Å². The molecule has 4 rings (SSSR count). The summed E-state index contributed by atoms with van der Waals surface area (Å²) in [5.74, 6) is 1.06. The summed E-state index contributed by atoms with van der Waals surface area (Å²) >= 11 is 0. The van der Waals surface area contributed by atoms with Crippen molar-refractivity contribution in [1.29, 1.82) is 0 Å². The predicted molar refractivity (Wildman–Crippen MR) is 72.6 cm³/mol. The first-order valence-electron chi connectivity index (χ1n) is 7.15. The van der Waals surface area contributed by atoms with Gasteiger partial charge >= 0.3 is 0 Å². The lowest BCUT2D eigenvalue weighted by Crippen LogP contribution is -2.28. The van der Waals surface area contributed by atoms with E-state index in [1.54, 1.807) is 6.07 Å². The Morgan fingerprint density at radius 2 is 1.89 bits per heavy atom. The SMILES string of the molecule is O=c1cc(C2CCNCC2)n2nc(C3CC3)cc2[nH]1. The lowest BCUT2D eigenvalue weighted by atomic mass is 9.94. The average Bonchev–Trinajstić information content (AvgIpc) is 3.19. The van der Waals surface area contributed by atoms with E-state index in [1.165, 1.54) is 12.8 Å². The molecule has 1 saturated carbocycles. The van der Waals surface area contributed by atoms with Crippen molar-refractivity contribution in [2.75, 3.05) is 13.1 Å². The van der Waals surface area contributed by atoms with E-state index in [4.69, 9.17) is 5.10 Å². The molecule has 1 aliphatic carbocycles. The molecular formula is C14H18N4O. The number of fused-ring (bicyclic) bond motifs is 1. The molecule has 2 aromatic rings. The van der Waals surface area contributed by atoms with Gasteiger partial charge in [0.2, 0.25) is 0 Å². The van der Waals surface area contributed by atoms with Crippen LogP contribution in [0.1, 0.15) is 48.9 Å². The first kappa shape index (κ1) is 11.2. The lowest BCUT2D eigenvalue weighted by Gasteiger charge is -2.23. The van der Waals surface area contributed by atoms with Crippen LogP contribution in [0.25, 0.3) is 5.65 Å². The van der Waals surface area contributed by atoms with Crippen LogP contribution in [0.2, 0.25) is 0 Å². The van der Waals surface area contributed by atoms with E-state index in [2.05, 4.69) is 10.3 Å². The standard InChI is InChI=1S/C14H18N4O/c19-14-8-12(10-3-5-15-6-4-10)18-13(16-14)7-11(17-18)9-1-2-9/h7-10,15H,1-6H2,(H,16,19). The molecule has 0 aromatic carbocycles. The predicted octanol–water partition coefficient (Wildman–Crippen LogP) is 1.37. The molecule has 0 radical (unpaired) electrons. The molecule has 19 heavy (non-hydrogen) atoms. The Labute approximate surface area is 111 Å². The maximum absolute atomic E-state index is 11.8. The minimum atomic E-state index is -0.0109. The minimum absolute atomic E-state index is 0.0109. The van der Waals surface area contributed by atoms with Crippen molar-refractivity contribution in [2.45, 2.75) is 37.5 Å². The Morgan fingerprint density at radius 3 is 2.63 bits per heavy atom. The number of aromatic amines is 1. The smallest absolute Gasteiger partial charge is 0.251 e. The summed E-state index contributed by atoms with van der Waals surface area (Å²) in [7, 11) is 0. The van der Waals surface area contributed by atoms with E-state index < -0.39 is 0 Å². The van der Waals surface area contributed by atoms with Crippen LogP contribution in [-0.4, -0.2) is 27.7 Å². The third-order valence-electron chi connectivity index (χ3n) is 4.26. The van der Waals surface area contributed by atoms with Crippen LogP contribution in [0.5, 0.6) is 0 Å². The Balaban J connectivity index is 1.84. The molecule has 1 saturated heterocycles. The summed E-state index contributed by atoms with van der Waals surface area (Å²) in [5.41, 5.74) is 3.05. The van der Waals surface area contributed by atoms with Crippen LogP contribution in [-0.2, 0) is 0 Å². The topological polar surface area (TPSA) is 62.2 Å². The van der Waals surface area contributed by atoms with Gasteiger partial charge in [-0.15, -0.1) is 0 Å². The first-order valence-corrected chi connectivity index (χ1v) is 7.15.